The summed E-state index contributed by atoms with van der Waals surface area (Å²) < 4.78 is 5.30. The summed E-state index contributed by atoms with van der Waals surface area (Å²) in [4.78, 5) is 2.35. The fourth-order valence-corrected chi connectivity index (χ4v) is 1.98. The van der Waals surface area contributed by atoms with Crippen LogP contribution in [-0.4, -0.2) is 31.2 Å². The quantitative estimate of drug-likeness (QED) is 0.765. The Morgan fingerprint density at radius 2 is 2.07 bits per heavy atom. The third kappa shape index (κ3) is 2.94. The van der Waals surface area contributed by atoms with Crippen LogP contribution in [0.2, 0.25) is 5.02 Å². The zero-order valence-electron chi connectivity index (χ0n) is 8.71. The monoisotopic (exact) mass is 224 g/mol. The number of benzene rings is 1. The molecule has 2 rings (SSSR count). The highest BCUT2D eigenvalue weighted by Gasteiger charge is 2.12. The second kappa shape index (κ2) is 4.97. The fraction of sp³-hybridized carbons (Fsp3) is 0.417. The van der Waals surface area contributed by atoms with Crippen molar-refractivity contribution in [2.45, 2.75) is 6.54 Å². The lowest BCUT2D eigenvalue weighted by Gasteiger charge is -2.26. The molecule has 1 heterocycles. The zero-order valence-corrected chi connectivity index (χ0v) is 9.46. The third-order valence-corrected chi connectivity index (χ3v) is 2.97. The van der Waals surface area contributed by atoms with Gasteiger partial charge in [-0.3, -0.25) is 4.90 Å². The van der Waals surface area contributed by atoms with Crippen molar-refractivity contribution in [1.82, 2.24) is 4.90 Å². The standard InChI is InChI=1S/C12H15ClNO/c1-10-2-3-11(12(13)8-10)9-14-4-6-15-7-5-14/h2-3,8H,1,4-7,9H2. The molecule has 0 aliphatic carbocycles. The van der Waals surface area contributed by atoms with Gasteiger partial charge < -0.3 is 4.74 Å². The van der Waals surface area contributed by atoms with E-state index >= 15 is 0 Å². The molecule has 0 bridgehead atoms. The maximum absolute atomic E-state index is 6.15. The number of rotatable bonds is 2. The molecule has 2 nitrogen and oxygen atoms in total. The number of halogens is 1. The number of ether oxygens (including phenoxy) is 1. The molecular formula is C12H15ClNO. The van der Waals surface area contributed by atoms with Crippen LogP contribution in [-0.2, 0) is 11.3 Å². The molecule has 1 aromatic carbocycles. The molecular weight excluding hydrogens is 210 g/mol. The Hall–Kier alpha value is -0.570. The molecule has 0 amide bonds. The van der Waals surface area contributed by atoms with Crippen LogP contribution in [0.5, 0.6) is 0 Å². The molecule has 0 N–H and O–H groups in total. The first-order valence-electron chi connectivity index (χ1n) is 5.16. The molecule has 81 valence electrons. The summed E-state index contributed by atoms with van der Waals surface area (Å²) in [5, 5.41) is 0.814. The molecule has 0 aromatic heterocycles. The second-order valence-electron chi connectivity index (χ2n) is 3.81. The van der Waals surface area contributed by atoms with Gasteiger partial charge in [-0.1, -0.05) is 23.7 Å². The Kier molecular flexibility index (Phi) is 3.62. The van der Waals surface area contributed by atoms with Crippen molar-refractivity contribution in [1.29, 1.82) is 0 Å². The topological polar surface area (TPSA) is 12.5 Å². The average Bonchev–Trinajstić information content (AvgIpc) is 2.24. The molecule has 1 aliphatic rings. The van der Waals surface area contributed by atoms with Crippen molar-refractivity contribution in [3.05, 3.63) is 41.3 Å². The summed E-state index contributed by atoms with van der Waals surface area (Å²) in [6.45, 7) is 8.38. The number of hydrogen-bond acceptors (Lipinski definition) is 2. The minimum absolute atomic E-state index is 0.814. The van der Waals surface area contributed by atoms with E-state index in [4.69, 9.17) is 16.3 Å². The normalized spacial score (nSPS) is 18.0. The van der Waals surface area contributed by atoms with Gasteiger partial charge in [0.25, 0.3) is 0 Å². The zero-order chi connectivity index (χ0) is 10.7. The van der Waals surface area contributed by atoms with E-state index in [1.807, 2.05) is 12.1 Å². The summed E-state index contributed by atoms with van der Waals surface area (Å²) in [5.74, 6) is 0. The van der Waals surface area contributed by atoms with E-state index in [0.717, 1.165) is 43.4 Å². The largest absolute Gasteiger partial charge is 0.379 e. The van der Waals surface area contributed by atoms with Gasteiger partial charge in [-0.25, -0.2) is 0 Å². The summed E-state index contributed by atoms with van der Waals surface area (Å²) in [5.41, 5.74) is 2.14. The molecule has 0 unspecified atom stereocenters. The number of morpholine rings is 1. The highest BCUT2D eigenvalue weighted by molar-refractivity contribution is 6.31. The molecule has 1 fully saturated rings. The van der Waals surface area contributed by atoms with Gasteiger partial charge in [0.2, 0.25) is 0 Å². The molecule has 1 saturated heterocycles. The first kappa shape index (κ1) is 10.9. The number of hydrogen-bond donors (Lipinski definition) is 0. The summed E-state index contributed by atoms with van der Waals surface area (Å²) in [7, 11) is 0. The minimum Gasteiger partial charge on any atom is -0.379 e. The van der Waals surface area contributed by atoms with Crippen LogP contribution in [0.25, 0.3) is 0 Å². The Morgan fingerprint density at radius 3 is 2.73 bits per heavy atom. The predicted molar refractivity (Wildman–Crippen MR) is 62.0 cm³/mol. The molecule has 0 saturated carbocycles. The summed E-state index contributed by atoms with van der Waals surface area (Å²) in [6, 6.07) is 5.97. The van der Waals surface area contributed by atoms with Gasteiger partial charge in [0.1, 0.15) is 0 Å². The van der Waals surface area contributed by atoms with E-state index in [1.54, 1.807) is 0 Å². The van der Waals surface area contributed by atoms with E-state index in [0.29, 0.717) is 0 Å². The van der Waals surface area contributed by atoms with Crippen molar-refractivity contribution in [3.8, 4) is 0 Å². The van der Waals surface area contributed by atoms with Gasteiger partial charge in [0, 0.05) is 24.7 Å². The summed E-state index contributed by atoms with van der Waals surface area (Å²) >= 11 is 6.15. The second-order valence-corrected chi connectivity index (χ2v) is 4.22. The van der Waals surface area contributed by atoms with Crippen LogP contribution in [0.15, 0.2) is 18.2 Å². The van der Waals surface area contributed by atoms with Crippen LogP contribution in [0.4, 0.5) is 0 Å². The highest BCUT2D eigenvalue weighted by atomic mass is 35.5. The maximum Gasteiger partial charge on any atom is 0.0594 e. The maximum atomic E-state index is 6.15. The molecule has 0 atom stereocenters. The van der Waals surface area contributed by atoms with Crippen molar-refractivity contribution in [3.63, 3.8) is 0 Å². The Labute approximate surface area is 95.8 Å². The van der Waals surface area contributed by atoms with Gasteiger partial charge in [0.05, 0.1) is 13.2 Å². The van der Waals surface area contributed by atoms with Crippen molar-refractivity contribution in [2.75, 3.05) is 26.3 Å². The van der Waals surface area contributed by atoms with Crippen LogP contribution < -0.4 is 0 Å². The van der Waals surface area contributed by atoms with E-state index in [-0.39, 0.29) is 0 Å². The van der Waals surface area contributed by atoms with Gasteiger partial charge >= 0.3 is 0 Å². The van der Waals surface area contributed by atoms with Crippen LogP contribution in [0.3, 0.4) is 0 Å². The highest BCUT2D eigenvalue weighted by Crippen LogP contribution is 2.19. The first-order chi connectivity index (χ1) is 7.25. The molecule has 1 aromatic rings. The Balaban J connectivity index is 2.03. The van der Waals surface area contributed by atoms with E-state index in [9.17, 15) is 0 Å². The SMILES string of the molecule is [CH2]c1ccc(CN2CCOCC2)c(Cl)c1. The lowest BCUT2D eigenvalue weighted by atomic mass is 10.1. The van der Waals surface area contributed by atoms with Crippen molar-refractivity contribution < 1.29 is 4.74 Å². The van der Waals surface area contributed by atoms with Gasteiger partial charge in [-0.05, 0) is 24.1 Å². The summed E-state index contributed by atoms with van der Waals surface area (Å²) in [6.07, 6.45) is 0. The predicted octanol–water partition coefficient (Wildman–Crippen LogP) is 2.35. The Bertz CT molecular complexity index is 334. The molecule has 3 heteroatoms. The van der Waals surface area contributed by atoms with Crippen LogP contribution in [0.1, 0.15) is 11.1 Å². The lowest BCUT2D eigenvalue weighted by molar-refractivity contribution is 0.0342. The minimum atomic E-state index is 0.814. The van der Waals surface area contributed by atoms with Crippen LogP contribution >= 0.6 is 11.6 Å². The first-order valence-corrected chi connectivity index (χ1v) is 5.54. The lowest BCUT2D eigenvalue weighted by Crippen LogP contribution is -2.35. The van der Waals surface area contributed by atoms with E-state index in [2.05, 4.69) is 17.9 Å². The molecule has 1 radical (unpaired) electrons. The van der Waals surface area contributed by atoms with Gasteiger partial charge in [0.15, 0.2) is 0 Å². The third-order valence-electron chi connectivity index (χ3n) is 2.62. The van der Waals surface area contributed by atoms with Crippen LogP contribution in [0, 0.1) is 6.92 Å². The average molecular weight is 225 g/mol. The van der Waals surface area contributed by atoms with E-state index < -0.39 is 0 Å². The molecule has 0 spiro atoms. The van der Waals surface area contributed by atoms with Gasteiger partial charge in [-0.2, -0.15) is 0 Å². The smallest absolute Gasteiger partial charge is 0.0594 e. The Morgan fingerprint density at radius 1 is 1.33 bits per heavy atom. The van der Waals surface area contributed by atoms with Crippen molar-refractivity contribution in [2.24, 2.45) is 0 Å². The fourth-order valence-electron chi connectivity index (χ4n) is 1.72. The molecule has 1 aliphatic heterocycles. The molecule has 15 heavy (non-hydrogen) atoms. The van der Waals surface area contributed by atoms with Gasteiger partial charge in [-0.15, -0.1) is 0 Å². The number of nitrogens with zero attached hydrogens (tertiary/aromatic N) is 1. The van der Waals surface area contributed by atoms with E-state index in [1.165, 1.54) is 5.56 Å². The van der Waals surface area contributed by atoms with Crippen molar-refractivity contribution >= 4 is 11.6 Å².